The smallest absolute Gasteiger partial charge is 0.263 e. The fourth-order valence-electron chi connectivity index (χ4n) is 6.42. The average molecular weight is 393 g/mol. The zero-order valence-electron chi connectivity index (χ0n) is 17.3. The Labute approximate surface area is 173 Å². The van der Waals surface area contributed by atoms with Gasteiger partial charge < -0.3 is 16.4 Å². The van der Waals surface area contributed by atoms with Crippen molar-refractivity contribution >= 4 is 5.91 Å². The maximum absolute atomic E-state index is 12.8. The van der Waals surface area contributed by atoms with E-state index in [4.69, 9.17) is 5.73 Å². The predicted molar refractivity (Wildman–Crippen MR) is 113 cm³/mol. The zero-order valence-corrected chi connectivity index (χ0v) is 17.3. The van der Waals surface area contributed by atoms with Crippen LogP contribution in [0.1, 0.15) is 56.6 Å². The number of nitrogens with one attached hydrogen (secondary N) is 2. The Hall–Kier alpha value is -2.32. The Morgan fingerprint density at radius 3 is 2.45 bits per heavy atom. The molecule has 1 aromatic carbocycles. The number of rotatable bonds is 7. The monoisotopic (exact) mass is 392 g/mol. The van der Waals surface area contributed by atoms with Gasteiger partial charge in [-0.25, -0.2) is 0 Å². The van der Waals surface area contributed by atoms with E-state index in [0.717, 1.165) is 28.9 Å². The van der Waals surface area contributed by atoms with Crippen LogP contribution >= 0.6 is 0 Å². The van der Waals surface area contributed by atoms with Crippen LogP contribution in [0.25, 0.3) is 0 Å². The number of hydrogen-bond donors (Lipinski definition) is 3. The first-order valence-electron chi connectivity index (χ1n) is 10.9. The molecular weight excluding hydrogens is 360 g/mol. The predicted octanol–water partition coefficient (Wildman–Crippen LogP) is 3.36. The van der Waals surface area contributed by atoms with E-state index in [2.05, 4.69) is 23.6 Å². The van der Waals surface area contributed by atoms with Gasteiger partial charge >= 0.3 is 0 Å². The summed E-state index contributed by atoms with van der Waals surface area (Å²) in [6.07, 6.45) is 9.41. The third kappa shape index (κ3) is 4.18. The topological polar surface area (TPSA) is 90.9 Å². The van der Waals surface area contributed by atoms with E-state index in [0.29, 0.717) is 13.1 Å². The largest absolute Gasteiger partial charge is 0.386 e. The molecular formula is C24H32N4O. The normalized spacial score (nSPS) is 31.2. The molecule has 4 fully saturated rings. The van der Waals surface area contributed by atoms with Gasteiger partial charge in [0.15, 0.2) is 0 Å². The fourth-order valence-corrected chi connectivity index (χ4v) is 6.42. The summed E-state index contributed by atoms with van der Waals surface area (Å²) in [5, 5.41) is 15.8. The van der Waals surface area contributed by atoms with Crippen molar-refractivity contribution in [2.24, 2.45) is 28.9 Å². The highest BCUT2D eigenvalue weighted by molar-refractivity contribution is 5.97. The summed E-state index contributed by atoms with van der Waals surface area (Å²) >= 11 is 0. The van der Waals surface area contributed by atoms with E-state index < -0.39 is 0 Å². The lowest BCUT2D eigenvalue weighted by Gasteiger charge is -2.59. The molecule has 4 bridgehead atoms. The summed E-state index contributed by atoms with van der Waals surface area (Å²) in [6.45, 7) is 3.19. The number of benzene rings is 1. The third-order valence-corrected chi connectivity index (χ3v) is 7.50. The lowest BCUT2D eigenvalue weighted by atomic mass is 9.48. The van der Waals surface area contributed by atoms with E-state index in [1.807, 2.05) is 24.3 Å². The van der Waals surface area contributed by atoms with Gasteiger partial charge in [-0.3, -0.25) is 4.79 Å². The van der Waals surface area contributed by atoms with Crippen molar-refractivity contribution in [2.75, 3.05) is 0 Å². The zero-order chi connectivity index (χ0) is 20.4. The highest BCUT2D eigenvalue weighted by atomic mass is 16.1. The summed E-state index contributed by atoms with van der Waals surface area (Å²) < 4.78 is 0. The van der Waals surface area contributed by atoms with E-state index in [-0.39, 0.29) is 22.9 Å². The van der Waals surface area contributed by atoms with Gasteiger partial charge in [-0.05, 0) is 79.7 Å². The first-order chi connectivity index (χ1) is 14.0. The SMILES string of the molecule is CC(NC(=O)/C(C#N)=C\NCc1cccc(CN)c1)C12CC3CC(CC(C3)C1)C2. The van der Waals surface area contributed by atoms with Crippen molar-refractivity contribution < 1.29 is 4.79 Å². The van der Waals surface area contributed by atoms with Gasteiger partial charge in [-0.2, -0.15) is 5.26 Å². The molecule has 5 nitrogen and oxygen atoms in total. The van der Waals surface area contributed by atoms with Crippen molar-refractivity contribution in [1.29, 1.82) is 5.26 Å². The van der Waals surface area contributed by atoms with Crippen molar-refractivity contribution in [3.63, 3.8) is 0 Å². The van der Waals surface area contributed by atoms with E-state index >= 15 is 0 Å². The summed E-state index contributed by atoms with van der Waals surface area (Å²) in [6, 6.07) is 10.2. The Kier molecular flexibility index (Phi) is 5.65. The molecule has 1 unspecified atom stereocenters. The van der Waals surface area contributed by atoms with Crippen LogP contribution < -0.4 is 16.4 Å². The Bertz CT molecular complexity index is 802. The molecule has 5 heteroatoms. The standard InChI is InChI=1S/C24H32N4O/c1-16(24-9-19-6-20(10-24)8-21(7-19)11-24)28-23(29)22(13-26)15-27-14-18-4-2-3-17(5-18)12-25/h2-5,15-16,19-21,27H,6-12,14,25H2,1H3,(H,28,29)/b22-15-. The Morgan fingerprint density at radius 2 is 1.86 bits per heavy atom. The van der Waals surface area contributed by atoms with Gasteiger partial charge in [0, 0.05) is 25.3 Å². The fraction of sp³-hybridized carbons (Fsp3) is 0.583. The molecule has 0 spiro atoms. The maximum Gasteiger partial charge on any atom is 0.263 e. The van der Waals surface area contributed by atoms with Crippen LogP contribution in [-0.2, 0) is 17.9 Å². The molecule has 29 heavy (non-hydrogen) atoms. The molecule has 4 aliphatic carbocycles. The van der Waals surface area contributed by atoms with Crippen LogP contribution in [0.4, 0.5) is 0 Å². The molecule has 0 heterocycles. The molecule has 0 aliphatic heterocycles. The van der Waals surface area contributed by atoms with Crippen molar-refractivity contribution in [3.8, 4) is 6.07 Å². The van der Waals surface area contributed by atoms with E-state index in [1.165, 1.54) is 44.7 Å². The molecule has 1 atom stereocenters. The summed E-state index contributed by atoms with van der Waals surface area (Å²) in [7, 11) is 0. The van der Waals surface area contributed by atoms with E-state index in [9.17, 15) is 10.1 Å². The molecule has 4 N–H and O–H groups in total. The van der Waals surface area contributed by atoms with Crippen molar-refractivity contribution in [2.45, 2.75) is 64.6 Å². The lowest BCUT2D eigenvalue weighted by Crippen LogP contribution is -2.56. The second-order valence-electron chi connectivity index (χ2n) is 9.55. The van der Waals surface area contributed by atoms with Crippen LogP contribution in [0, 0.1) is 34.5 Å². The quantitative estimate of drug-likeness (QED) is 0.490. The Morgan fingerprint density at radius 1 is 1.24 bits per heavy atom. The van der Waals surface area contributed by atoms with Crippen LogP contribution in [-0.4, -0.2) is 11.9 Å². The molecule has 5 rings (SSSR count). The summed E-state index contributed by atoms with van der Waals surface area (Å²) in [4.78, 5) is 12.8. The highest BCUT2D eigenvalue weighted by Gasteiger charge is 2.53. The second kappa shape index (κ2) is 8.20. The lowest BCUT2D eigenvalue weighted by molar-refractivity contribution is -0.122. The van der Waals surface area contributed by atoms with Crippen molar-refractivity contribution in [3.05, 3.63) is 47.2 Å². The van der Waals surface area contributed by atoms with Crippen LogP contribution in [0.15, 0.2) is 36.0 Å². The van der Waals surface area contributed by atoms with Gasteiger partial charge in [0.05, 0.1) is 0 Å². The van der Waals surface area contributed by atoms with Gasteiger partial charge in [0.25, 0.3) is 5.91 Å². The molecule has 154 valence electrons. The molecule has 0 saturated heterocycles. The number of hydrogen-bond acceptors (Lipinski definition) is 4. The van der Waals surface area contributed by atoms with Gasteiger partial charge in [-0.15, -0.1) is 0 Å². The molecule has 4 saturated carbocycles. The van der Waals surface area contributed by atoms with Gasteiger partial charge in [0.2, 0.25) is 0 Å². The number of nitrogens with zero attached hydrogens (tertiary/aromatic N) is 1. The number of carbonyl (C=O) groups is 1. The minimum absolute atomic E-state index is 0.112. The number of amides is 1. The molecule has 1 amide bonds. The second-order valence-corrected chi connectivity index (χ2v) is 9.55. The summed E-state index contributed by atoms with van der Waals surface area (Å²) in [5.74, 6) is 2.27. The summed E-state index contributed by atoms with van der Waals surface area (Å²) in [5.41, 5.74) is 8.19. The average Bonchev–Trinajstić information content (AvgIpc) is 2.70. The number of carbonyl (C=O) groups excluding carboxylic acids is 1. The minimum atomic E-state index is -0.265. The first kappa shape index (κ1) is 20.0. The molecule has 0 aromatic heterocycles. The first-order valence-corrected chi connectivity index (χ1v) is 10.9. The minimum Gasteiger partial charge on any atom is -0.386 e. The highest BCUT2D eigenvalue weighted by Crippen LogP contribution is 2.61. The maximum atomic E-state index is 12.8. The molecule has 1 aromatic rings. The number of nitriles is 1. The van der Waals surface area contributed by atoms with Crippen LogP contribution in [0.5, 0.6) is 0 Å². The molecule has 4 aliphatic rings. The molecule has 0 radical (unpaired) electrons. The van der Waals surface area contributed by atoms with E-state index in [1.54, 1.807) is 0 Å². The Balaban J connectivity index is 1.36. The van der Waals surface area contributed by atoms with Crippen molar-refractivity contribution in [1.82, 2.24) is 10.6 Å². The van der Waals surface area contributed by atoms with Crippen LogP contribution in [0.3, 0.4) is 0 Å². The van der Waals surface area contributed by atoms with Gasteiger partial charge in [0.1, 0.15) is 11.6 Å². The number of nitrogens with two attached hydrogens (primary N) is 1. The third-order valence-electron chi connectivity index (χ3n) is 7.50. The van der Waals surface area contributed by atoms with Gasteiger partial charge in [-0.1, -0.05) is 24.3 Å². The van der Waals surface area contributed by atoms with Crippen LogP contribution in [0.2, 0.25) is 0 Å².